The SMILES string of the molecule is COc1ccc(COCC(CC#N)c2ncc(-c3ncnc4c3ccn4COCC[Si](C)(C)C)s2)cc1. The van der Waals surface area contributed by atoms with Crippen LogP contribution in [-0.4, -0.2) is 47.9 Å². The summed E-state index contributed by atoms with van der Waals surface area (Å²) < 4.78 is 19.1. The summed E-state index contributed by atoms with van der Waals surface area (Å²) in [6.45, 7) is 9.14. The number of hydrogen-bond acceptors (Lipinski definition) is 8. The largest absolute Gasteiger partial charge is 0.497 e. The molecule has 4 rings (SSSR count). The predicted molar refractivity (Wildman–Crippen MR) is 148 cm³/mol. The van der Waals surface area contributed by atoms with Crippen LogP contribution in [0.5, 0.6) is 5.75 Å². The van der Waals surface area contributed by atoms with E-state index in [2.05, 4.69) is 40.7 Å². The molecule has 0 amide bonds. The van der Waals surface area contributed by atoms with Gasteiger partial charge < -0.3 is 18.8 Å². The second-order valence-corrected chi connectivity index (χ2v) is 16.8. The molecule has 8 nitrogen and oxygen atoms in total. The second kappa shape index (κ2) is 12.4. The first-order chi connectivity index (χ1) is 17.9. The monoisotopic (exact) mass is 535 g/mol. The summed E-state index contributed by atoms with van der Waals surface area (Å²) in [6.07, 6.45) is 5.74. The Balaban J connectivity index is 1.43. The molecule has 1 unspecified atom stereocenters. The fourth-order valence-electron chi connectivity index (χ4n) is 3.80. The number of aromatic nitrogens is 4. The minimum atomic E-state index is -1.13. The van der Waals surface area contributed by atoms with Crippen LogP contribution in [0.15, 0.2) is 49.1 Å². The lowest BCUT2D eigenvalue weighted by atomic mass is 10.1. The van der Waals surface area contributed by atoms with E-state index >= 15 is 0 Å². The van der Waals surface area contributed by atoms with E-state index in [4.69, 9.17) is 14.2 Å². The molecule has 0 fully saturated rings. The molecule has 0 radical (unpaired) electrons. The van der Waals surface area contributed by atoms with Crippen molar-refractivity contribution in [2.45, 2.75) is 51.4 Å². The number of fused-ring (bicyclic) bond motifs is 1. The third-order valence-electron chi connectivity index (χ3n) is 5.97. The molecule has 0 aliphatic carbocycles. The first-order valence-electron chi connectivity index (χ1n) is 12.3. The first-order valence-corrected chi connectivity index (χ1v) is 16.8. The van der Waals surface area contributed by atoms with Gasteiger partial charge in [0.05, 0.1) is 42.0 Å². The van der Waals surface area contributed by atoms with Crippen molar-refractivity contribution in [3.8, 4) is 22.4 Å². The average Bonchev–Trinajstić information content (AvgIpc) is 3.54. The molecule has 3 heterocycles. The van der Waals surface area contributed by atoms with Gasteiger partial charge in [0.15, 0.2) is 0 Å². The van der Waals surface area contributed by atoms with Gasteiger partial charge in [-0.1, -0.05) is 31.8 Å². The van der Waals surface area contributed by atoms with Gasteiger partial charge in [0.25, 0.3) is 0 Å². The van der Waals surface area contributed by atoms with Crippen LogP contribution >= 0.6 is 11.3 Å². The Labute approximate surface area is 222 Å². The van der Waals surface area contributed by atoms with Crippen molar-refractivity contribution in [3.05, 3.63) is 59.6 Å². The first kappa shape index (κ1) is 26.9. The Morgan fingerprint density at radius 2 is 1.89 bits per heavy atom. The van der Waals surface area contributed by atoms with Gasteiger partial charge in [-0.15, -0.1) is 11.3 Å². The van der Waals surface area contributed by atoms with Gasteiger partial charge in [0.2, 0.25) is 0 Å². The van der Waals surface area contributed by atoms with E-state index in [1.807, 2.05) is 47.3 Å². The summed E-state index contributed by atoms with van der Waals surface area (Å²) in [5, 5.41) is 11.2. The van der Waals surface area contributed by atoms with Crippen LogP contribution in [0.4, 0.5) is 0 Å². The zero-order valence-electron chi connectivity index (χ0n) is 21.8. The molecule has 37 heavy (non-hydrogen) atoms. The third-order valence-corrected chi connectivity index (χ3v) is 8.84. The lowest BCUT2D eigenvalue weighted by Crippen LogP contribution is -2.22. The summed E-state index contributed by atoms with van der Waals surface area (Å²) in [4.78, 5) is 14.6. The summed E-state index contributed by atoms with van der Waals surface area (Å²) >= 11 is 1.55. The Bertz CT molecular complexity index is 1340. The van der Waals surface area contributed by atoms with Gasteiger partial charge in [0, 0.05) is 44.8 Å². The van der Waals surface area contributed by atoms with Crippen molar-refractivity contribution in [3.63, 3.8) is 0 Å². The molecule has 4 aromatic rings. The lowest BCUT2D eigenvalue weighted by Gasteiger charge is -2.15. The zero-order valence-corrected chi connectivity index (χ0v) is 23.6. The Kier molecular flexibility index (Phi) is 9.05. The molecule has 0 saturated heterocycles. The standard InChI is InChI=1S/C27H33N5O3SSi/c1-33-22-7-5-20(6-8-22)16-35-17-21(9-11-28)27-29-15-24(36-27)25-23-10-12-32(26(23)31-18-30-25)19-34-13-14-37(2,3)4/h5-8,10,12,15,18,21H,9,13-14,16-17,19H2,1-4H3. The highest BCUT2D eigenvalue weighted by Gasteiger charge is 2.19. The van der Waals surface area contributed by atoms with E-state index in [1.54, 1.807) is 24.8 Å². The van der Waals surface area contributed by atoms with Crippen LogP contribution in [0.1, 0.15) is 22.9 Å². The highest BCUT2D eigenvalue weighted by molar-refractivity contribution is 7.15. The topological polar surface area (TPSA) is 95.1 Å². The van der Waals surface area contributed by atoms with E-state index in [1.165, 1.54) is 0 Å². The summed E-state index contributed by atoms with van der Waals surface area (Å²) in [7, 11) is 0.518. The van der Waals surface area contributed by atoms with Gasteiger partial charge in [-0.05, 0) is 29.8 Å². The van der Waals surface area contributed by atoms with Gasteiger partial charge >= 0.3 is 0 Å². The maximum atomic E-state index is 9.40. The molecule has 194 valence electrons. The van der Waals surface area contributed by atoms with Crippen molar-refractivity contribution in [2.75, 3.05) is 20.3 Å². The Morgan fingerprint density at radius 1 is 1.08 bits per heavy atom. The fraction of sp³-hybridized carbons (Fsp3) is 0.407. The lowest BCUT2D eigenvalue weighted by molar-refractivity contribution is 0.0899. The van der Waals surface area contributed by atoms with E-state index in [0.717, 1.165) is 50.6 Å². The van der Waals surface area contributed by atoms with Crippen LogP contribution in [0.25, 0.3) is 21.6 Å². The smallest absolute Gasteiger partial charge is 0.145 e. The molecule has 1 atom stereocenters. The predicted octanol–water partition coefficient (Wildman–Crippen LogP) is 6.09. The highest BCUT2D eigenvalue weighted by atomic mass is 32.1. The summed E-state index contributed by atoms with van der Waals surface area (Å²) in [6, 6.07) is 13.2. The van der Waals surface area contributed by atoms with Gasteiger partial charge in [-0.25, -0.2) is 15.0 Å². The van der Waals surface area contributed by atoms with Crippen LogP contribution in [0.3, 0.4) is 0 Å². The number of thiazole rings is 1. The van der Waals surface area contributed by atoms with Gasteiger partial charge in [-0.3, -0.25) is 0 Å². The number of hydrogen-bond donors (Lipinski definition) is 0. The maximum absolute atomic E-state index is 9.40. The molecule has 10 heteroatoms. The summed E-state index contributed by atoms with van der Waals surface area (Å²) in [5.41, 5.74) is 2.72. The number of nitrogens with zero attached hydrogens (tertiary/aromatic N) is 5. The summed E-state index contributed by atoms with van der Waals surface area (Å²) in [5.74, 6) is 0.703. The van der Waals surface area contributed by atoms with E-state index in [9.17, 15) is 5.26 Å². The molecule has 0 saturated carbocycles. The molecule has 0 aliphatic heterocycles. The van der Waals surface area contributed by atoms with E-state index in [0.29, 0.717) is 26.4 Å². The molecular weight excluding hydrogens is 502 g/mol. The van der Waals surface area contributed by atoms with E-state index in [-0.39, 0.29) is 5.92 Å². The van der Waals surface area contributed by atoms with Crippen LogP contribution in [0, 0.1) is 11.3 Å². The molecule has 1 aromatic carbocycles. The molecule has 3 aromatic heterocycles. The quantitative estimate of drug-likeness (QED) is 0.151. The molecule has 0 spiro atoms. The van der Waals surface area contributed by atoms with Crippen molar-refractivity contribution in [2.24, 2.45) is 0 Å². The van der Waals surface area contributed by atoms with Crippen LogP contribution in [0.2, 0.25) is 25.7 Å². The second-order valence-electron chi connectivity index (χ2n) is 10.1. The Hall–Kier alpha value is -3.10. The van der Waals surface area contributed by atoms with Gasteiger partial charge in [0.1, 0.15) is 24.5 Å². The molecule has 0 N–H and O–H groups in total. The van der Waals surface area contributed by atoms with Crippen molar-refractivity contribution >= 4 is 30.4 Å². The third kappa shape index (κ3) is 7.23. The minimum absolute atomic E-state index is 0.108. The van der Waals surface area contributed by atoms with Crippen molar-refractivity contribution < 1.29 is 14.2 Å². The normalized spacial score (nSPS) is 12.5. The number of benzene rings is 1. The average molecular weight is 536 g/mol. The van der Waals surface area contributed by atoms with Crippen LogP contribution in [-0.2, 0) is 22.8 Å². The number of ether oxygens (including phenoxy) is 3. The Morgan fingerprint density at radius 3 is 2.62 bits per heavy atom. The van der Waals surface area contributed by atoms with Crippen molar-refractivity contribution in [1.82, 2.24) is 19.5 Å². The number of methoxy groups -OCH3 is 1. The number of rotatable bonds is 13. The number of nitriles is 1. The molecule has 0 bridgehead atoms. The minimum Gasteiger partial charge on any atom is -0.497 e. The van der Waals surface area contributed by atoms with E-state index < -0.39 is 8.07 Å². The highest BCUT2D eigenvalue weighted by Crippen LogP contribution is 2.34. The molecule has 0 aliphatic rings. The zero-order chi connectivity index (χ0) is 26.3. The fourth-order valence-corrected chi connectivity index (χ4v) is 5.57. The van der Waals surface area contributed by atoms with Crippen molar-refractivity contribution in [1.29, 1.82) is 5.26 Å². The van der Waals surface area contributed by atoms with Gasteiger partial charge in [-0.2, -0.15) is 5.26 Å². The maximum Gasteiger partial charge on any atom is 0.145 e. The van der Waals surface area contributed by atoms with Crippen LogP contribution < -0.4 is 4.74 Å². The molecular formula is C27H33N5O3SSi.